The molecule has 9 nitrogen and oxygen atoms in total. The quantitative estimate of drug-likeness (QED) is 0.652. The van der Waals surface area contributed by atoms with Gasteiger partial charge in [0.1, 0.15) is 6.04 Å². The fourth-order valence-corrected chi connectivity index (χ4v) is 2.58. The van der Waals surface area contributed by atoms with Gasteiger partial charge in [0.05, 0.1) is 12.1 Å². The maximum Gasteiger partial charge on any atom is 0.335 e. The number of likely N-dealkylation sites (tertiary alicyclic amines) is 1. The van der Waals surface area contributed by atoms with Gasteiger partial charge in [-0.05, 0) is 31.0 Å². The monoisotopic (exact) mass is 334 g/mol. The number of aliphatic carboxylic acids is 2. The van der Waals surface area contributed by atoms with Crippen LogP contribution in [0, 0.1) is 0 Å². The second-order valence-electron chi connectivity index (χ2n) is 5.37. The lowest BCUT2D eigenvalue weighted by atomic mass is 9.97. The van der Waals surface area contributed by atoms with Gasteiger partial charge in [-0.2, -0.15) is 0 Å². The van der Waals surface area contributed by atoms with Crippen molar-refractivity contribution in [3.8, 4) is 0 Å². The Morgan fingerprint density at radius 1 is 1.08 bits per heavy atom. The minimum Gasteiger partial charge on any atom is -0.480 e. The van der Waals surface area contributed by atoms with Crippen molar-refractivity contribution in [2.75, 3.05) is 6.54 Å². The van der Waals surface area contributed by atoms with Crippen molar-refractivity contribution in [2.45, 2.75) is 18.0 Å². The third kappa shape index (κ3) is 2.83. The van der Waals surface area contributed by atoms with Crippen molar-refractivity contribution in [1.29, 1.82) is 0 Å². The molecule has 1 aliphatic rings. The van der Waals surface area contributed by atoms with E-state index in [2.05, 4.69) is 11.7 Å². The van der Waals surface area contributed by atoms with Gasteiger partial charge in [-0.15, -0.1) is 0 Å². The molecule has 1 aliphatic heterocycles. The maximum atomic E-state index is 12.5. The fraction of sp³-hybridized carbons (Fsp3) is 0.267. The molecule has 2 rings (SSSR count). The van der Waals surface area contributed by atoms with Gasteiger partial charge in [-0.25, -0.2) is 14.4 Å². The van der Waals surface area contributed by atoms with Crippen LogP contribution in [0.3, 0.4) is 0 Å². The molecular formula is C15H14N2O7. The van der Waals surface area contributed by atoms with Crippen molar-refractivity contribution >= 4 is 30.5 Å². The molecule has 1 fully saturated rings. The Kier molecular flexibility index (Phi) is 4.36. The molecule has 1 aromatic rings. The Morgan fingerprint density at radius 2 is 1.62 bits per heavy atom. The van der Waals surface area contributed by atoms with E-state index < -0.39 is 41.9 Å². The van der Waals surface area contributed by atoms with Gasteiger partial charge in [0, 0.05) is 12.0 Å². The number of carboxylic acid groups (broad SMARTS) is 3. The molecule has 126 valence electrons. The molecule has 1 aromatic carbocycles. The summed E-state index contributed by atoms with van der Waals surface area (Å²) in [5, 5.41) is 27.4. The molecule has 0 unspecified atom stereocenters. The smallest absolute Gasteiger partial charge is 0.335 e. The average molecular weight is 334 g/mol. The number of hydrogen-bond donors (Lipinski definition) is 3. The number of aromatic carboxylic acids is 1. The van der Waals surface area contributed by atoms with Crippen LogP contribution in [0.4, 0.5) is 0 Å². The highest BCUT2D eigenvalue weighted by molar-refractivity contribution is 5.99. The maximum absolute atomic E-state index is 12.5. The summed E-state index contributed by atoms with van der Waals surface area (Å²) in [6.07, 6.45) is -0.389. The third-order valence-electron chi connectivity index (χ3n) is 3.96. The lowest BCUT2D eigenvalue weighted by Gasteiger charge is -2.22. The van der Waals surface area contributed by atoms with Gasteiger partial charge in [0.15, 0.2) is 5.54 Å². The lowest BCUT2D eigenvalue weighted by Crippen LogP contribution is -2.42. The van der Waals surface area contributed by atoms with E-state index in [0.717, 1.165) is 4.90 Å². The molecule has 0 aliphatic carbocycles. The molecular weight excluding hydrogens is 320 g/mol. The molecule has 2 atom stereocenters. The summed E-state index contributed by atoms with van der Waals surface area (Å²) in [5.74, 6) is -4.59. The van der Waals surface area contributed by atoms with E-state index in [1.54, 1.807) is 0 Å². The lowest BCUT2D eigenvalue weighted by molar-refractivity contribution is -0.142. The van der Waals surface area contributed by atoms with Crippen molar-refractivity contribution in [2.24, 2.45) is 4.99 Å². The molecule has 9 heteroatoms. The number of benzene rings is 1. The van der Waals surface area contributed by atoms with Crippen LogP contribution in [-0.2, 0) is 9.59 Å². The van der Waals surface area contributed by atoms with Crippen molar-refractivity contribution in [3.05, 3.63) is 35.4 Å². The van der Waals surface area contributed by atoms with Crippen molar-refractivity contribution in [1.82, 2.24) is 4.90 Å². The first-order valence-corrected chi connectivity index (χ1v) is 6.80. The highest BCUT2D eigenvalue weighted by Crippen LogP contribution is 2.32. The standard InChI is InChI=1S/C15H14N2O7/c1-16-15(14(23)24)6-10(13(21)22)17(7-15)11(18)8-2-4-9(5-3-8)12(19)20/h2-5,10H,1,6-7H2,(H,19,20)(H,21,22)(H,23,24)/t10-,15-/m0/s1. The van der Waals surface area contributed by atoms with E-state index >= 15 is 0 Å². The van der Waals surface area contributed by atoms with Gasteiger partial charge in [-0.3, -0.25) is 9.79 Å². The number of amides is 1. The Morgan fingerprint density at radius 3 is 2.04 bits per heavy atom. The first-order valence-electron chi connectivity index (χ1n) is 6.80. The predicted molar refractivity (Wildman–Crippen MR) is 80.4 cm³/mol. The zero-order valence-electron chi connectivity index (χ0n) is 12.4. The van der Waals surface area contributed by atoms with E-state index in [1.165, 1.54) is 24.3 Å². The van der Waals surface area contributed by atoms with Gasteiger partial charge in [-0.1, -0.05) is 0 Å². The van der Waals surface area contributed by atoms with Crippen LogP contribution in [0.25, 0.3) is 0 Å². The van der Waals surface area contributed by atoms with Crippen LogP contribution in [0.15, 0.2) is 29.3 Å². The number of carboxylic acids is 3. The SMILES string of the molecule is C=N[C@@]1(C(=O)O)C[C@@H](C(=O)O)N(C(=O)c2ccc(C(=O)O)cc2)C1. The Hall–Kier alpha value is -3.23. The molecule has 1 saturated heterocycles. The molecule has 0 spiro atoms. The van der Waals surface area contributed by atoms with E-state index in [4.69, 9.17) is 5.11 Å². The number of rotatable bonds is 5. The highest BCUT2D eigenvalue weighted by atomic mass is 16.4. The average Bonchev–Trinajstić information content (AvgIpc) is 2.96. The van der Waals surface area contributed by atoms with E-state index in [0.29, 0.717) is 0 Å². The van der Waals surface area contributed by atoms with Crippen LogP contribution < -0.4 is 0 Å². The molecule has 0 saturated carbocycles. The summed E-state index contributed by atoms with van der Waals surface area (Å²) in [7, 11) is 0. The predicted octanol–water partition coefficient (Wildman–Crippen LogP) is 0.208. The summed E-state index contributed by atoms with van der Waals surface area (Å²) < 4.78 is 0. The van der Waals surface area contributed by atoms with Gasteiger partial charge < -0.3 is 20.2 Å². The normalized spacial score (nSPS) is 22.8. The molecule has 3 N–H and O–H groups in total. The minimum atomic E-state index is -1.78. The first kappa shape index (κ1) is 17.1. The number of aliphatic imine (C=N–C) groups is 1. The van der Waals surface area contributed by atoms with Crippen molar-refractivity contribution in [3.63, 3.8) is 0 Å². The zero-order valence-corrected chi connectivity index (χ0v) is 12.4. The second-order valence-corrected chi connectivity index (χ2v) is 5.37. The molecule has 1 amide bonds. The van der Waals surface area contributed by atoms with Crippen LogP contribution >= 0.6 is 0 Å². The number of carbonyl (C=O) groups is 4. The largest absolute Gasteiger partial charge is 0.480 e. The Labute approximate surface area is 135 Å². The van der Waals surface area contributed by atoms with Crippen LogP contribution in [0.1, 0.15) is 27.1 Å². The van der Waals surface area contributed by atoms with E-state index in [9.17, 15) is 29.4 Å². The van der Waals surface area contributed by atoms with Gasteiger partial charge in [0.25, 0.3) is 5.91 Å². The van der Waals surface area contributed by atoms with Crippen LogP contribution in [0.5, 0.6) is 0 Å². The molecule has 24 heavy (non-hydrogen) atoms. The van der Waals surface area contributed by atoms with Crippen LogP contribution in [0.2, 0.25) is 0 Å². The van der Waals surface area contributed by atoms with Gasteiger partial charge in [0.2, 0.25) is 0 Å². The Bertz CT molecular complexity index is 728. The van der Waals surface area contributed by atoms with Crippen LogP contribution in [-0.4, -0.2) is 68.9 Å². The molecule has 0 bridgehead atoms. The Balaban J connectivity index is 2.35. The summed E-state index contributed by atoms with van der Waals surface area (Å²) in [5.41, 5.74) is -1.76. The minimum absolute atomic E-state index is 0.0320. The fourth-order valence-electron chi connectivity index (χ4n) is 2.58. The van der Waals surface area contributed by atoms with Gasteiger partial charge >= 0.3 is 17.9 Å². The number of carbonyl (C=O) groups excluding carboxylic acids is 1. The highest BCUT2D eigenvalue weighted by Gasteiger charge is 2.53. The second kappa shape index (κ2) is 6.11. The summed E-state index contributed by atoms with van der Waals surface area (Å²) in [6, 6.07) is 3.53. The molecule has 0 radical (unpaired) electrons. The zero-order chi connectivity index (χ0) is 18.1. The number of nitrogens with zero attached hydrogens (tertiary/aromatic N) is 2. The molecule has 1 heterocycles. The third-order valence-corrected chi connectivity index (χ3v) is 3.96. The molecule has 0 aromatic heterocycles. The summed E-state index contributed by atoms with van der Waals surface area (Å²) in [6.45, 7) is 2.77. The summed E-state index contributed by atoms with van der Waals surface area (Å²) >= 11 is 0. The van der Waals surface area contributed by atoms with E-state index in [-0.39, 0.29) is 17.5 Å². The van der Waals surface area contributed by atoms with E-state index in [1.807, 2.05) is 0 Å². The number of hydrogen-bond acceptors (Lipinski definition) is 5. The first-order chi connectivity index (χ1) is 11.2. The van der Waals surface area contributed by atoms with Crippen molar-refractivity contribution < 1.29 is 34.5 Å². The summed E-state index contributed by atoms with van der Waals surface area (Å²) in [4.78, 5) is 50.6. The topological polar surface area (TPSA) is 145 Å².